The van der Waals surface area contributed by atoms with Crippen LogP contribution in [0.4, 0.5) is 0 Å². The zero-order chi connectivity index (χ0) is 6.41. The van der Waals surface area contributed by atoms with Crippen molar-refractivity contribution in [2.24, 2.45) is 5.73 Å². The lowest BCUT2D eigenvalue weighted by Gasteiger charge is -1.96. The molecular weight excluding hydrogens is 108 g/mol. The number of rotatable bonds is 3. The van der Waals surface area contributed by atoms with Crippen LogP contribution in [-0.4, -0.2) is 24.3 Å². The molecule has 0 unspecified atom stereocenters. The summed E-state index contributed by atoms with van der Waals surface area (Å²) >= 11 is 0. The van der Waals surface area contributed by atoms with Gasteiger partial charge < -0.3 is 16.2 Å². The van der Waals surface area contributed by atoms with Gasteiger partial charge in [0.05, 0.1) is 13.3 Å². The van der Waals surface area contributed by atoms with E-state index in [1.54, 1.807) is 0 Å². The highest BCUT2D eigenvalue weighted by Gasteiger charge is 1.93. The number of aliphatic hydroxyl groups excluding tert-OH is 1. The van der Waals surface area contributed by atoms with Crippen molar-refractivity contribution < 1.29 is 9.90 Å². The van der Waals surface area contributed by atoms with Gasteiger partial charge in [-0.25, -0.2) is 0 Å². The van der Waals surface area contributed by atoms with Crippen molar-refractivity contribution >= 4 is 5.91 Å². The van der Waals surface area contributed by atoms with Crippen LogP contribution in [0.2, 0.25) is 0 Å². The molecule has 0 atom stereocenters. The zero-order valence-corrected chi connectivity index (χ0v) is 4.55. The molecule has 0 heterocycles. The normalized spacial score (nSPS) is 8.75. The summed E-state index contributed by atoms with van der Waals surface area (Å²) in [5, 5.41) is 10.5. The Hall–Kier alpha value is -0.610. The zero-order valence-electron chi connectivity index (χ0n) is 4.55. The monoisotopic (exact) mass is 118 g/mol. The second-order valence-corrected chi connectivity index (χ2v) is 1.28. The minimum Gasteiger partial charge on any atom is -0.396 e. The summed E-state index contributed by atoms with van der Waals surface area (Å²) in [6.07, 6.45) is 0.136. The Morgan fingerprint density at radius 3 is 2.75 bits per heavy atom. The van der Waals surface area contributed by atoms with Gasteiger partial charge in [-0.05, 0) is 0 Å². The molecule has 0 radical (unpaired) electrons. The number of hydrogen-bond acceptors (Lipinski definition) is 3. The summed E-state index contributed by atoms with van der Waals surface area (Å²) in [6.45, 7) is 0.0185. The minimum atomic E-state index is -0.213. The molecule has 0 aliphatic heterocycles. The second kappa shape index (κ2) is 4.55. The molecule has 4 nitrogen and oxygen atoms in total. The molecule has 0 rings (SSSR count). The molecule has 0 bridgehead atoms. The van der Waals surface area contributed by atoms with Crippen molar-refractivity contribution in [2.75, 3.05) is 13.3 Å². The molecule has 0 aliphatic rings. The highest BCUT2D eigenvalue weighted by atomic mass is 16.3. The summed E-state index contributed by atoms with van der Waals surface area (Å²) in [5.41, 5.74) is 4.95. The quantitative estimate of drug-likeness (QED) is 0.391. The van der Waals surface area contributed by atoms with Gasteiger partial charge in [0.15, 0.2) is 0 Å². The first-order valence-electron chi connectivity index (χ1n) is 2.39. The molecule has 4 N–H and O–H groups in total. The third-order valence-corrected chi connectivity index (χ3v) is 0.638. The van der Waals surface area contributed by atoms with Crippen molar-refractivity contribution in [1.29, 1.82) is 0 Å². The Morgan fingerprint density at radius 1 is 1.75 bits per heavy atom. The van der Waals surface area contributed by atoms with E-state index >= 15 is 0 Å². The molecular formula is C4H10N2O2. The van der Waals surface area contributed by atoms with E-state index in [4.69, 9.17) is 10.8 Å². The summed E-state index contributed by atoms with van der Waals surface area (Å²) in [5.74, 6) is -0.213. The molecule has 0 aromatic heterocycles. The van der Waals surface area contributed by atoms with Gasteiger partial charge in [0.25, 0.3) is 0 Å². The molecule has 48 valence electrons. The number of aliphatic hydroxyl groups is 1. The van der Waals surface area contributed by atoms with E-state index in [1.165, 1.54) is 0 Å². The predicted molar refractivity (Wildman–Crippen MR) is 28.9 cm³/mol. The van der Waals surface area contributed by atoms with Crippen LogP contribution in [0, 0.1) is 0 Å². The van der Waals surface area contributed by atoms with Crippen LogP contribution in [-0.2, 0) is 4.79 Å². The molecule has 4 heteroatoms. The number of nitrogens with two attached hydrogens (primary N) is 1. The third-order valence-electron chi connectivity index (χ3n) is 0.638. The fourth-order valence-electron chi connectivity index (χ4n) is 0.304. The Balaban J connectivity index is 3.06. The van der Waals surface area contributed by atoms with Gasteiger partial charge in [-0.3, -0.25) is 4.79 Å². The lowest BCUT2D eigenvalue weighted by atomic mass is 10.4. The smallest absolute Gasteiger partial charge is 0.223 e. The number of hydrogen-bond donors (Lipinski definition) is 3. The maximum Gasteiger partial charge on any atom is 0.223 e. The van der Waals surface area contributed by atoms with Crippen LogP contribution in [0.15, 0.2) is 0 Å². The largest absolute Gasteiger partial charge is 0.396 e. The van der Waals surface area contributed by atoms with E-state index in [0.29, 0.717) is 0 Å². The molecule has 0 aromatic carbocycles. The number of carbonyl (C=O) groups excluding carboxylic acids is 1. The Bertz CT molecular complexity index is 66.4. The van der Waals surface area contributed by atoms with Crippen LogP contribution in [0.5, 0.6) is 0 Å². The summed E-state index contributed by atoms with van der Waals surface area (Å²) in [4.78, 5) is 10.3. The first-order chi connectivity index (χ1) is 3.81. The van der Waals surface area contributed by atoms with Crippen molar-refractivity contribution in [3.63, 3.8) is 0 Å². The molecule has 0 saturated carbocycles. The Morgan fingerprint density at radius 2 is 2.38 bits per heavy atom. The molecule has 0 saturated heterocycles. The van der Waals surface area contributed by atoms with Gasteiger partial charge in [-0.15, -0.1) is 0 Å². The van der Waals surface area contributed by atoms with Crippen LogP contribution in [0.3, 0.4) is 0 Å². The van der Waals surface area contributed by atoms with Gasteiger partial charge in [0.2, 0.25) is 5.91 Å². The number of carbonyl (C=O) groups is 1. The van der Waals surface area contributed by atoms with Gasteiger partial charge in [0, 0.05) is 6.42 Å². The molecule has 8 heavy (non-hydrogen) atoms. The van der Waals surface area contributed by atoms with E-state index < -0.39 is 0 Å². The average molecular weight is 118 g/mol. The maximum absolute atomic E-state index is 10.3. The number of amides is 1. The fourth-order valence-corrected chi connectivity index (χ4v) is 0.304. The van der Waals surface area contributed by atoms with Crippen molar-refractivity contribution in [3.05, 3.63) is 0 Å². The van der Waals surface area contributed by atoms with Gasteiger partial charge >= 0.3 is 0 Å². The Labute approximate surface area is 47.7 Å². The minimum absolute atomic E-state index is 0.119. The first kappa shape index (κ1) is 7.39. The second-order valence-electron chi connectivity index (χ2n) is 1.28. The Kier molecular flexibility index (Phi) is 4.20. The fraction of sp³-hybridized carbons (Fsp3) is 0.750. The van der Waals surface area contributed by atoms with Crippen LogP contribution < -0.4 is 11.1 Å². The topological polar surface area (TPSA) is 75.3 Å². The van der Waals surface area contributed by atoms with E-state index in [9.17, 15) is 4.79 Å². The standard InChI is InChI=1S/C4H10N2O2/c5-3-6-4(8)1-2-7/h7H,1-3,5H2,(H,6,8). The summed E-state index contributed by atoms with van der Waals surface area (Å²) < 4.78 is 0. The van der Waals surface area contributed by atoms with Crippen molar-refractivity contribution in [1.82, 2.24) is 5.32 Å². The average Bonchev–Trinajstić information content (AvgIpc) is 1.68. The third kappa shape index (κ3) is 3.58. The van der Waals surface area contributed by atoms with Crippen molar-refractivity contribution in [3.8, 4) is 0 Å². The summed E-state index contributed by atoms with van der Waals surface area (Å²) in [6, 6.07) is 0. The first-order valence-corrected chi connectivity index (χ1v) is 2.39. The van der Waals surface area contributed by atoms with E-state index in [2.05, 4.69) is 5.32 Å². The predicted octanol–water partition coefficient (Wildman–Crippen LogP) is -1.60. The summed E-state index contributed by atoms with van der Waals surface area (Å²) in [7, 11) is 0. The van der Waals surface area contributed by atoms with Gasteiger partial charge in [0.1, 0.15) is 0 Å². The SMILES string of the molecule is NCNC(=O)CCO. The lowest BCUT2D eigenvalue weighted by molar-refractivity contribution is -0.121. The molecule has 0 aliphatic carbocycles. The number of nitrogens with one attached hydrogen (secondary N) is 1. The van der Waals surface area contributed by atoms with Gasteiger partial charge in [-0.1, -0.05) is 0 Å². The van der Waals surface area contributed by atoms with E-state index in [0.717, 1.165) is 0 Å². The highest BCUT2D eigenvalue weighted by Crippen LogP contribution is 1.72. The van der Waals surface area contributed by atoms with Crippen LogP contribution in [0.25, 0.3) is 0 Å². The van der Waals surface area contributed by atoms with Crippen molar-refractivity contribution in [2.45, 2.75) is 6.42 Å². The maximum atomic E-state index is 10.3. The van der Waals surface area contributed by atoms with Crippen LogP contribution >= 0.6 is 0 Å². The lowest BCUT2D eigenvalue weighted by Crippen LogP contribution is -2.29. The van der Waals surface area contributed by atoms with E-state index in [-0.39, 0.29) is 25.6 Å². The van der Waals surface area contributed by atoms with Gasteiger partial charge in [-0.2, -0.15) is 0 Å². The highest BCUT2D eigenvalue weighted by molar-refractivity contribution is 5.75. The van der Waals surface area contributed by atoms with Crippen LogP contribution in [0.1, 0.15) is 6.42 Å². The molecule has 0 fully saturated rings. The molecule has 0 spiro atoms. The van der Waals surface area contributed by atoms with E-state index in [1.807, 2.05) is 0 Å². The molecule has 1 amide bonds. The molecule has 0 aromatic rings.